The first-order chi connectivity index (χ1) is 10.5. The van der Waals surface area contributed by atoms with E-state index in [4.69, 9.17) is 4.74 Å². The van der Waals surface area contributed by atoms with Gasteiger partial charge in [-0.15, -0.1) is 11.8 Å². The summed E-state index contributed by atoms with van der Waals surface area (Å²) in [5.74, 6) is -1.38. The molecule has 2 amide bonds. The summed E-state index contributed by atoms with van der Waals surface area (Å²) in [6.07, 6.45) is 1.94. The highest BCUT2D eigenvalue weighted by Crippen LogP contribution is 2.15. The second-order valence-corrected chi connectivity index (χ2v) is 5.37. The molecule has 0 aliphatic rings. The number of hydrogen-bond donors (Lipinski definition) is 2. The molecule has 1 aromatic rings. The average molecular weight is 324 g/mol. The van der Waals surface area contributed by atoms with E-state index in [-0.39, 0.29) is 5.91 Å². The maximum atomic E-state index is 11.8. The summed E-state index contributed by atoms with van der Waals surface area (Å²) in [7, 11) is 0. The number of nitrogens with one attached hydrogen (secondary N) is 2. The van der Waals surface area contributed by atoms with Gasteiger partial charge in [0.15, 0.2) is 6.61 Å². The number of likely N-dealkylation sites (N-methyl/N-ethyl adjacent to an activating group) is 1. The summed E-state index contributed by atoms with van der Waals surface area (Å²) in [6, 6.07) is 6.22. The van der Waals surface area contributed by atoms with Crippen LogP contribution in [0.3, 0.4) is 0 Å². The zero-order valence-electron chi connectivity index (χ0n) is 12.8. The summed E-state index contributed by atoms with van der Waals surface area (Å²) in [5, 5.41) is 5.05. The number of thioether (sulfide) groups is 1. The van der Waals surface area contributed by atoms with Crippen LogP contribution in [-0.2, 0) is 14.3 Å². The van der Waals surface area contributed by atoms with Gasteiger partial charge in [-0.25, -0.2) is 4.79 Å². The summed E-state index contributed by atoms with van der Waals surface area (Å²) in [4.78, 5) is 35.9. The van der Waals surface area contributed by atoms with Crippen LogP contribution in [0, 0.1) is 0 Å². The van der Waals surface area contributed by atoms with Gasteiger partial charge in [0, 0.05) is 11.4 Å². The van der Waals surface area contributed by atoms with Crippen molar-refractivity contribution in [3.8, 4) is 0 Å². The van der Waals surface area contributed by atoms with Crippen molar-refractivity contribution in [3.63, 3.8) is 0 Å². The van der Waals surface area contributed by atoms with E-state index in [0.717, 1.165) is 4.90 Å². The molecule has 0 spiro atoms. The molecular formula is C15H20N2O4S. The average Bonchev–Trinajstić information content (AvgIpc) is 2.52. The van der Waals surface area contributed by atoms with Crippen LogP contribution < -0.4 is 10.6 Å². The molecule has 0 aliphatic heterocycles. The minimum absolute atomic E-state index is 0.283. The zero-order valence-corrected chi connectivity index (χ0v) is 13.7. The Labute approximate surface area is 134 Å². The molecule has 0 aromatic heterocycles. The Morgan fingerprint density at radius 3 is 2.41 bits per heavy atom. The molecule has 0 fully saturated rings. The van der Waals surface area contributed by atoms with E-state index in [1.165, 1.54) is 0 Å². The monoisotopic (exact) mass is 324 g/mol. The van der Waals surface area contributed by atoms with Gasteiger partial charge in [0.1, 0.15) is 6.04 Å². The Kier molecular flexibility index (Phi) is 7.45. The molecule has 120 valence electrons. The molecule has 0 aliphatic carbocycles. The van der Waals surface area contributed by atoms with Crippen molar-refractivity contribution in [3.05, 3.63) is 29.8 Å². The molecule has 0 heterocycles. The Morgan fingerprint density at radius 2 is 1.86 bits per heavy atom. The highest BCUT2D eigenvalue weighted by molar-refractivity contribution is 7.98. The highest BCUT2D eigenvalue weighted by atomic mass is 32.2. The van der Waals surface area contributed by atoms with Gasteiger partial charge in [-0.2, -0.15) is 0 Å². The van der Waals surface area contributed by atoms with E-state index < -0.39 is 24.5 Å². The SMILES string of the molecule is CCNC(=O)[C@@H](C)NC(=O)COC(=O)c1ccc(SC)cc1. The first kappa shape index (κ1) is 18.0. The van der Waals surface area contributed by atoms with E-state index in [9.17, 15) is 14.4 Å². The van der Waals surface area contributed by atoms with Gasteiger partial charge in [0.25, 0.3) is 5.91 Å². The number of amides is 2. The van der Waals surface area contributed by atoms with Crippen LogP contribution in [0.15, 0.2) is 29.2 Å². The Bertz CT molecular complexity index is 531. The minimum Gasteiger partial charge on any atom is -0.452 e. The molecule has 0 bridgehead atoms. The molecule has 0 unspecified atom stereocenters. The van der Waals surface area contributed by atoms with Gasteiger partial charge in [-0.1, -0.05) is 0 Å². The van der Waals surface area contributed by atoms with Crippen LogP contribution in [0.4, 0.5) is 0 Å². The minimum atomic E-state index is -0.674. The maximum absolute atomic E-state index is 11.8. The highest BCUT2D eigenvalue weighted by Gasteiger charge is 2.16. The van der Waals surface area contributed by atoms with Gasteiger partial charge in [0.2, 0.25) is 5.91 Å². The predicted molar refractivity (Wildman–Crippen MR) is 84.8 cm³/mol. The van der Waals surface area contributed by atoms with Gasteiger partial charge in [-0.3, -0.25) is 9.59 Å². The molecule has 1 aromatic carbocycles. The topological polar surface area (TPSA) is 84.5 Å². The maximum Gasteiger partial charge on any atom is 0.338 e. The van der Waals surface area contributed by atoms with Crippen molar-refractivity contribution in [2.24, 2.45) is 0 Å². The lowest BCUT2D eigenvalue weighted by Crippen LogP contribution is -2.46. The quantitative estimate of drug-likeness (QED) is 0.582. The molecule has 0 saturated heterocycles. The molecular weight excluding hydrogens is 304 g/mol. The third-order valence-corrected chi connectivity index (χ3v) is 3.53. The lowest BCUT2D eigenvalue weighted by atomic mass is 10.2. The van der Waals surface area contributed by atoms with Gasteiger partial charge < -0.3 is 15.4 Å². The van der Waals surface area contributed by atoms with Gasteiger partial charge in [-0.05, 0) is 44.4 Å². The van der Waals surface area contributed by atoms with Crippen LogP contribution >= 0.6 is 11.8 Å². The van der Waals surface area contributed by atoms with Crippen LogP contribution in [0.25, 0.3) is 0 Å². The Hall–Kier alpha value is -2.02. The second kappa shape index (κ2) is 9.09. The predicted octanol–water partition coefficient (Wildman–Crippen LogP) is 1.21. The number of carbonyl (C=O) groups is 3. The van der Waals surface area contributed by atoms with Gasteiger partial charge in [0.05, 0.1) is 5.56 Å². The van der Waals surface area contributed by atoms with Gasteiger partial charge >= 0.3 is 5.97 Å². The van der Waals surface area contributed by atoms with Crippen molar-refractivity contribution < 1.29 is 19.1 Å². The zero-order chi connectivity index (χ0) is 16.5. The van der Waals surface area contributed by atoms with E-state index in [2.05, 4.69) is 10.6 Å². The molecule has 1 rings (SSSR count). The van der Waals surface area contributed by atoms with E-state index in [1.54, 1.807) is 49.9 Å². The number of rotatable bonds is 7. The van der Waals surface area contributed by atoms with Crippen LogP contribution in [0.5, 0.6) is 0 Å². The number of esters is 1. The molecule has 0 saturated carbocycles. The van der Waals surface area contributed by atoms with E-state index >= 15 is 0 Å². The van der Waals surface area contributed by atoms with Crippen molar-refractivity contribution >= 4 is 29.5 Å². The standard InChI is InChI=1S/C15H20N2O4S/c1-4-16-14(19)10(2)17-13(18)9-21-15(20)11-5-7-12(22-3)8-6-11/h5-8,10H,4,9H2,1-3H3,(H,16,19)(H,17,18)/t10-/m1/s1. The number of carbonyl (C=O) groups excluding carboxylic acids is 3. The summed E-state index contributed by atoms with van der Waals surface area (Å²) >= 11 is 1.57. The molecule has 22 heavy (non-hydrogen) atoms. The van der Waals surface area contributed by atoms with Crippen molar-refractivity contribution in [2.45, 2.75) is 24.8 Å². The van der Waals surface area contributed by atoms with Crippen LogP contribution in [-0.4, -0.2) is 43.2 Å². The fourth-order valence-corrected chi connectivity index (χ4v) is 2.03. The first-order valence-corrected chi connectivity index (χ1v) is 8.08. The number of benzene rings is 1. The largest absolute Gasteiger partial charge is 0.452 e. The molecule has 0 radical (unpaired) electrons. The third-order valence-electron chi connectivity index (χ3n) is 2.78. The Balaban J connectivity index is 2.42. The second-order valence-electron chi connectivity index (χ2n) is 4.49. The molecule has 2 N–H and O–H groups in total. The number of hydrogen-bond acceptors (Lipinski definition) is 5. The lowest BCUT2D eigenvalue weighted by Gasteiger charge is -2.13. The Morgan fingerprint density at radius 1 is 1.23 bits per heavy atom. The van der Waals surface area contributed by atoms with Crippen LogP contribution in [0.1, 0.15) is 24.2 Å². The third kappa shape index (κ3) is 5.77. The normalized spacial score (nSPS) is 11.4. The van der Waals surface area contributed by atoms with Crippen molar-refractivity contribution in [1.82, 2.24) is 10.6 Å². The molecule has 7 heteroatoms. The van der Waals surface area contributed by atoms with Crippen molar-refractivity contribution in [1.29, 1.82) is 0 Å². The summed E-state index contributed by atoms with van der Waals surface area (Å²) in [6.45, 7) is 3.41. The van der Waals surface area contributed by atoms with E-state index in [0.29, 0.717) is 12.1 Å². The fraction of sp³-hybridized carbons (Fsp3) is 0.400. The fourth-order valence-electron chi connectivity index (χ4n) is 1.62. The van der Waals surface area contributed by atoms with Crippen LogP contribution in [0.2, 0.25) is 0 Å². The summed E-state index contributed by atoms with van der Waals surface area (Å²) < 4.78 is 4.91. The smallest absolute Gasteiger partial charge is 0.338 e. The number of ether oxygens (including phenoxy) is 1. The lowest BCUT2D eigenvalue weighted by molar-refractivity contribution is -0.130. The van der Waals surface area contributed by atoms with Crippen molar-refractivity contribution in [2.75, 3.05) is 19.4 Å². The molecule has 6 nitrogen and oxygen atoms in total. The van der Waals surface area contributed by atoms with E-state index in [1.807, 2.05) is 6.26 Å². The molecule has 1 atom stereocenters. The summed E-state index contributed by atoms with van der Waals surface area (Å²) in [5.41, 5.74) is 0.377. The first-order valence-electron chi connectivity index (χ1n) is 6.86.